The number of allylic oxidation sites excluding steroid dienone is 2. The summed E-state index contributed by atoms with van der Waals surface area (Å²) in [6.07, 6.45) is 17.3. The Hall–Kier alpha value is -1.77. The molecule has 3 nitrogen and oxygen atoms in total. The van der Waals surface area contributed by atoms with Gasteiger partial charge < -0.3 is 10.2 Å². The van der Waals surface area contributed by atoms with Crippen LogP contribution < -0.4 is 0 Å². The summed E-state index contributed by atoms with van der Waals surface area (Å²) in [5.74, 6) is -1.18. The van der Waals surface area contributed by atoms with Gasteiger partial charge in [-0.05, 0) is 50.2 Å². The summed E-state index contributed by atoms with van der Waals surface area (Å²) in [4.78, 5) is 11.2. The number of hydrogen-bond donors (Lipinski definition) is 2. The Morgan fingerprint density at radius 2 is 1.58 bits per heavy atom. The smallest absolute Gasteiger partial charge is 0.339 e. The van der Waals surface area contributed by atoms with E-state index in [1.165, 1.54) is 57.4 Å². The second kappa shape index (κ2) is 12.6. The van der Waals surface area contributed by atoms with E-state index in [9.17, 15) is 15.0 Å². The predicted octanol–water partition coefficient (Wildman–Crippen LogP) is 6.11. The summed E-state index contributed by atoms with van der Waals surface area (Å²) >= 11 is 0. The minimum atomic E-state index is -1.05. The van der Waals surface area contributed by atoms with Crippen LogP contribution in [0.1, 0.15) is 87.1 Å². The summed E-state index contributed by atoms with van der Waals surface area (Å²) in [6, 6.07) is 4.94. The number of aromatic hydroxyl groups is 1. The molecule has 24 heavy (non-hydrogen) atoms. The fourth-order valence-electron chi connectivity index (χ4n) is 2.90. The van der Waals surface area contributed by atoms with Gasteiger partial charge in [0.25, 0.3) is 0 Å². The van der Waals surface area contributed by atoms with E-state index in [0.29, 0.717) is 6.42 Å². The van der Waals surface area contributed by atoms with Gasteiger partial charge in [0, 0.05) is 0 Å². The molecule has 0 aliphatic carbocycles. The van der Waals surface area contributed by atoms with E-state index in [4.69, 9.17) is 0 Å². The first kappa shape index (κ1) is 20.3. The average molecular weight is 332 g/mol. The van der Waals surface area contributed by atoms with Gasteiger partial charge >= 0.3 is 5.97 Å². The molecule has 0 heterocycles. The number of carboxylic acid groups (broad SMARTS) is 1. The van der Waals surface area contributed by atoms with Gasteiger partial charge in [-0.1, -0.05) is 63.3 Å². The van der Waals surface area contributed by atoms with Crippen molar-refractivity contribution in [3.8, 4) is 5.75 Å². The zero-order valence-corrected chi connectivity index (χ0v) is 15.0. The Labute approximate surface area is 146 Å². The molecule has 2 N–H and O–H groups in total. The van der Waals surface area contributed by atoms with Crippen molar-refractivity contribution in [1.82, 2.24) is 0 Å². The Balaban J connectivity index is 2.11. The Bertz CT molecular complexity index is 506. The van der Waals surface area contributed by atoms with E-state index in [2.05, 4.69) is 19.1 Å². The standard InChI is InChI=1S/C21H32O3/c1-2-3-4-5-6-7-8-9-10-11-12-13-15-18-16-14-17-19(22)20(18)21(23)24/h6-7,14,16-17,22H,2-5,8-13,15H2,1H3,(H,23,24)/b7-6+. The van der Waals surface area contributed by atoms with Gasteiger partial charge in [0.1, 0.15) is 11.3 Å². The van der Waals surface area contributed by atoms with Gasteiger partial charge in [-0.25, -0.2) is 4.79 Å². The third-order valence-corrected chi connectivity index (χ3v) is 4.30. The molecule has 0 saturated carbocycles. The second-order valence-corrected chi connectivity index (χ2v) is 6.39. The van der Waals surface area contributed by atoms with Crippen LogP contribution in [0.25, 0.3) is 0 Å². The van der Waals surface area contributed by atoms with E-state index in [-0.39, 0.29) is 11.3 Å². The van der Waals surface area contributed by atoms with Crippen LogP contribution in [-0.2, 0) is 6.42 Å². The predicted molar refractivity (Wildman–Crippen MR) is 99.8 cm³/mol. The summed E-state index contributed by atoms with van der Waals surface area (Å²) < 4.78 is 0. The Morgan fingerprint density at radius 1 is 0.958 bits per heavy atom. The lowest BCUT2D eigenvalue weighted by Gasteiger charge is -2.07. The van der Waals surface area contributed by atoms with Crippen LogP contribution in [0.4, 0.5) is 0 Å². The number of hydrogen-bond acceptors (Lipinski definition) is 2. The van der Waals surface area contributed by atoms with Crippen molar-refractivity contribution in [2.45, 2.75) is 77.6 Å². The molecule has 0 atom stereocenters. The quantitative estimate of drug-likeness (QED) is 0.338. The van der Waals surface area contributed by atoms with E-state index in [1.54, 1.807) is 12.1 Å². The van der Waals surface area contributed by atoms with E-state index in [0.717, 1.165) is 18.4 Å². The van der Waals surface area contributed by atoms with E-state index >= 15 is 0 Å². The largest absolute Gasteiger partial charge is 0.507 e. The molecule has 0 saturated heterocycles. The molecular weight excluding hydrogens is 300 g/mol. The van der Waals surface area contributed by atoms with Crippen LogP contribution in [0.2, 0.25) is 0 Å². The molecule has 0 fully saturated rings. The highest BCUT2D eigenvalue weighted by atomic mass is 16.4. The number of carbonyl (C=O) groups is 1. The maximum Gasteiger partial charge on any atom is 0.339 e. The molecule has 1 rings (SSSR count). The molecule has 1 aromatic rings. The summed E-state index contributed by atoms with van der Waals surface area (Å²) in [5, 5.41) is 18.8. The minimum absolute atomic E-state index is 0.0608. The highest BCUT2D eigenvalue weighted by molar-refractivity contribution is 5.92. The molecular formula is C21H32O3. The first-order chi connectivity index (χ1) is 11.7. The molecule has 0 radical (unpaired) electrons. The summed E-state index contributed by atoms with van der Waals surface area (Å²) in [5.41, 5.74) is 0.795. The topological polar surface area (TPSA) is 57.5 Å². The lowest BCUT2D eigenvalue weighted by molar-refractivity contribution is 0.0692. The van der Waals surface area contributed by atoms with Gasteiger partial charge in [-0.2, -0.15) is 0 Å². The van der Waals surface area contributed by atoms with Gasteiger partial charge in [-0.15, -0.1) is 0 Å². The first-order valence-electron chi connectivity index (χ1n) is 9.36. The van der Waals surface area contributed by atoms with Crippen LogP contribution in [0, 0.1) is 0 Å². The van der Waals surface area contributed by atoms with Gasteiger partial charge in [-0.3, -0.25) is 0 Å². The molecule has 0 bridgehead atoms. The number of unbranched alkanes of at least 4 members (excludes halogenated alkanes) is 8. The molecule has 0 amide bonds. The van der Waals surface area contributed by atoms with Crippen LogP contribution >= 0.6 is 0 Å². The van der Waals surface area contributed by atoms with E-state index in [1.807, 2.05) is 0 Å². The number of carboxylic acids is 1. The lowest BCUT2D eigenvalue weighted by Crippen LogP contribution is -2.03. The van der Waals surface area contributed by atoms with Crippen LogP contribution in [0.15, 0.2) is 30.4 Å². The Kier molecular flexibility index (Phi) is 10.7. The van der Waals surface area contributed by atoms with Crippen LogP contribution in [0.5, 0.6) is 5.75 Å². The zero-order chi connectivity index (χ0) is 17.6. The minimum Gasteiger partial charge on any atom is -0.507 e. The van der Waals surface area contributed by atoms with Gasteiger partial charge in [0.2, 0.25) is 0 Å². The summed E-state index contributed by atoms with van der Waals surface area (Å²) in [7, 11) is 0. The molecule has 0 aliphatic heterocycles. The lowest BCUT2D eigenvalue weighted by atomic mass is 9.99. The molecule has 0 aromatic heterocycles. The molecule has 134 valence electrons. The highest BCUT2D eigenvalue weighted by Crippen LogP contribution is 2.23. The molecule has 3 heteroatoms. The molecule has 0 spiro atoms. The van der Waals surface area contributed by atoms with Crippen molar-refractivity contribution >= 4 is 5.97 Å². The number of aromatic carboxylic acids is 1. The first-order valence-corrected chi connectivity index (χ1v) is 9.36. The number of aryl methyl sites for hydroxylation is 1. The SMILES string of the molecule is CCCCC/C=C/CCCCCCCc1cccc(O)c1C(=O)O. The number of rotatable bonds is 13. The van der Waals surface area contributed by atoms with Crippen LogP contribution in [-0.4, -0.2) is 16.2 Å². The Morgan fingerprint density at radius 3 is 2.25 bits per heavy atom. The maximum atomic E-state index is 11.2. The third kappa shape index (κ3) is 8.19. The van der Waals surface area contributed by atoms with Gasteiger partial charge in [0.15, 0.2) is 0 Å². The summed E-state index contributed by atoms with van der Waals surface area (Å²) in [6.45, 7) is 2.23. The normalized spacial score (nSPS) is 11.2. The molecule has 0 aliphatic rings. The number of phenols is 1. The monoisotopic (exact) mass is 332 g/mol. The zero-order valence-electron chi connectivity index (χ0n) is 15.0. The van der Waals surface area contributed by atoms with Gasteiger partial charge in [0.05, 0.1) is 0 Å². The van der Waals surface area contributed by atoms with Crippen molar-refractivity contribution in [2.75, 3.05) is 0 Å². The number of benzene rings is 1. The fourth-order valence-corrected chi connectivity index (χ4v) is 2.90. The van der Waals surface area contributed by atoms with Crippen molar-refractivity contribution in [2.24, 2.45) is 0 Å². The average Bonchev–Trinajstić information content (AvgIpc) is 2.55. The third-order valence-electron chi connectivity index (χ3n) is 4.30. The molecule has 1 aromatic carbocycles. The molecule has 0 unspecified atom stereocenters. The highest BCUT2D eigenvalue weighted by Gasteiger charge is 2.14. The fraction of sp³-hybridized carbons (Fsp3) is 0.571. The van der Waals surface area contributed by atoms with E-state index < -0.39 is 5.97 Å². The maximum absolute atomic E-state index is 11.2. The van der Waals surface area contributed by atoms with Crippen molar-refractivity contribution in [3.63, 3.8) is 0 Å². The second-order valence-electron chi connectivity index (χ2n) is 6.39. The van der Waals surface area contributed by atoms with Crippen molar-refractivity contribution in [3.05, 3.63) is 41.5 Å². The van der Waals surface area contributed by atoms with Crippen LogP contribution in [0.3, 0.4) is 0 Å². The van der Waals surface area contributed by atoms with Crippen molar-refractivity contribution in [1.29, 1.82) is 0 Å². The van der Waals surface area contributed by atoms with Crippen molar-refractivity contribution < 1.29 is 15.0 Å².